The number of likely N-dealkylation sites (N-methyl/N-ethyl adjacent to an activating group) is 1. The second-order valence-electron chi connectivity index (χ2n) is 4.60. The van der Waals surface area contributed by atoms with Crippen LogP contribution in [-0.4, -0.2) is 52.4 Å². The Hall–Kier alpha value is -2.44. The van der Waals surface area contributed by atoms with Crippen LogP contribution in [0.25, 0.3) is 0 Å². The van der Waals surface area contributed by atoms with E-state index in [0.717, 1.165) is 0 Å². The van der Waals surface area contributed by atoms with Gasteiger partial charge in [0.2, 0.25) is 5.91 Å². The minimum Gasteiger partial charge on any atom is -0.477 e. The van der Waals surface area contributed by atoms with E-state index in [9.17, 15) is 14.4 Å². The van der Waals surface area contributed by atoms with Crippen LogP contribution in [0.1, 0.15) is 34.8 Å². The summed E-state index contributed by atoms with van der Waals surface area (Å²) in [5.74, 6) is -2.00. The van der Waals surface area contributed by atoms with Crippen molar-refractivity contribution in [2.24, 2.45) is 0 Å². The second kappa shape index (κ2) is 6.65. The van der Waals surface area contributed by atoms with Gasteiger partial charge in [-0.05, 0) is 26.0 Å². The predicted molar refractivity (Wildman–Crippen MR) is 71.4 cm³/mol. The average molecular weight is 279 g/mol. The van der Waals surface area contributed by atoms with Crippen LogP contribution in [0.2, 0.25) is 0 Å². The third kappa shape index (κ3) is 4.34. The van der Waals surface area contributed by atoms with Crippen molar-refractivity contribution in [3.05, 3.63) is 29.6 Å². The minimum absolute atomic E-state index is 0.00949. The van der Waals surface area contributed by atoms with Crippen molar-refractivity contribution in [3.8, 4) is 0 Å². The Labute approximate surface area is 116 Å². The summed E-state index contributed by atoms with van der Waals surface area (Å²) in [4.78, 5) is 39.3. The predicted octanol–water partition coefficient (Wildman–Crippen LogP) is 0.376. The molecule has 7 nitrogen and oxygen atoms in total. The van der Waals surface area contributed by atoms with Gasteiger partial charge in [-0.3, -0.25) is 9.59 Å². The molecule has 0 fully saturated rings. The van der Waals surface area contributed by atoms with Gasteiger partial charge in [0.25, 0.3) is 5.91 Å². The Morgan fingerprint density at radius 2 is 1.90 bits per heavy atom. The lowest BCUT2D eigenvalue weighted by atomic mass is 10.2. The van der Waals surface area contributed by atoms with Gasteiger partial charge in [-0.15, -0.1) is 0 Å². The number of pyridine rings is 1. The number of hydrogen-bond acceptors (Lipinski definition) is 4. The van der Waals surface area contributed by atoms with E-state index in [1.807, 2.05) is 13.8 Å². The standard InChI is InChI=1S/C13H17N3O4/c1-8(2)14-11(17)7-16(3)12(18)9-5-4-6-10(15-9)13(19)20/h4-6,8H,7H2,1-3H3,(H,14,17)(H,19,20). The molecule has 0 bridgehead atoms. The van der Waals surface area contributed by atoms with Crippen molar-refractivity contribution in [3.63, 3.8) is 0 Å². The summed E-state index contributed by atoms with van der Waals surface area (Å²) in [6.45, 7) is 3.52. The SMILES string of the molecule is CC(C)NC(=O)CN(C)C(=O)c1cccc(C(=O)O)n1. The van der Waals surface area contributed by atoms with Crippen LogP contribution < -0.4 is 5.32 Å². The highest BCUT2D eigenvalue weighted by Crippen LogP contribution is 2.03. The lowest BCUT2D eigenvalue weighted by molar-refractivity contribution is -0.122. The topological polar surface area (TPSA) is 99.6 Å². The summed E-state index contributed by atoms with van der Waals surface area (Å²) >= 11 is 0. The molecule has 0 aromatic carbocycles. The first-order chi connectivity index (χ1) is 9.31. The summed E-state index contributed by atoms with van der Waals surface area (Å²) in [5.41, 5.74) is -0.222. The van der Waals surface area contributed by atoms with Gasteiger partial charge < -0.3 is 15.3 Å². The van der Waals surface area contributed by atoms with Gasteiger partial charge in [0.1, 0.15) is 11.4 Å². The summed E-state index contributed by atoms with van der Waals surface area (Å²) in [6, 6.07) is 4.13. The molecule has 1 heterocycles. The Balaban J connectivity index is 2.76. The molecule has 108 valence electrons. The zero-order valence-electron chi connectivity index (χ0n) is 11.6. The fourth-order valence-corrected chi connectivity index (χ4v) is 1.52. The Morgan fingerprint density at radius 3 is 2.45 bits per heavy atom. The van der Waals surface area contributed by atoms with Crippen molar-refractivity contribution in [2.45, 2.75) is 19.9 Å². The number of aromatic nitrogens is 1. The van der Waals surface area contributed by atoms with E-state index in [0.29, 0.717) is 0 Å². The highest BCUT2D eigenvalue weighted by Gasteiger charge is 2.17. The van der Waals surface area contributed by atoms with Gasteiger partial charge in [0.15, 0.2) is 0 Å². The number of carboxylic acid groups (broad SMARTS) is 1. The fourth-order valence-electron chi connectivity index (χ4n) is 1.52. The molecule has 0 atom stereocenters. The van der Waals surface area contributed by atoms with Gasteiger partial charge in [-0.1, -0.05) is 6.07 Å². The molecule has 7 heteroatoms. The van der Waals surface area contributed by atoms with Gasteiger partial charge in [-0.25, -0.2) is 9.78 Å². The molecule has 0 saturated carbocycles. The van der Waals surface area contributed by atoms with Crippen molar-refractivity contribution < 1.29 is 19.5 Å². The van der Waals surface area contributed by atoms with Crippen LogP contribution in [-0.2, 0) is 4.79 Å². The third-order valence-electron chi connectivity index (χ3n) is 2.36. The molecule has 2 amide bonds. The summed E-state index contributed by atoms with van der Waals surface area (Å²) in [7, 11) is 1.46. The van der Waals surface area contributed by atoms with E-state index in [1.165, 1.54) is 30.1 Å². The molecule has 1 rings (SSSR count). The molecule has 1 aromatic rings. The van der Waals surface area contributed by atoms with Crippen LogP contribution in [0, 0.1) is 0 Å². The maximum Gasteiger partial charge on any atom is 0.354 e. The van der Waals surface area contributed by atoms with E-state index in [4.69, 9.17) is 5.11 Å². The number of hydrogen-bond donors (Lipinski definition) is 2. The number of carboxylic acids is 1. The highest BCUT2D eigenvalue weighted by molar-refractivity contribution is 5.96. The summed E-state index contributed by atoms with van der Waals surface area (Å²) in [6.07, 6.45) is 0. The molecule has 2 N–H and O–H groups in total. The zero-order chi connectivity index (χ0) is 15.3. The van der Waals surface area contributed by atoms with E-state index >= 15 is 0 Å². The van der Waals surface area contributed by atoms with Gasteiger partial charge in [0, 0.05) is 13.1 Å². The van der Waals surface area contributed by atoms with Crippen molar-refractivity contribution in [1.82, 2.24) is 15.2 Å². The molecule has 0 spiro atoms. The van der Waals surface area contributed by atoms with Crippen LogP contribution in [0.4, 0.5) is 0 Å². The lowest BCUT2D eigenvalue weighted by Gasteiger charge is -2.17. The number of carbonyl (C=O) groups excluding carboxylic acids is 2. The molecule has 0 aliphatic heterocycles. The molecule has 0 saturated heterocycles. The lowest BCUT2D eigenvalue weighted by Crippen LogP contribution is -2.41. The normalized spacial score (nSPS) is 10.2. The van der Waals surface area contributed by atoms with Crippen LogP contribution >= 0.6 is 0 Å². The monoisotopic (exact) mass is 279 g/mol. The smallest absolute Gasteiger partial charge is 0.354 e. The third-order valence-corrected chi connectivity index (χ3v) is 2.36. The molecular weight excluding hydrogens is 262 g/mol. The highest BCUT2D eigenvalue weighted by atomic mass is 16.4. The molecule has 1 aromatic heterocycles. The fraction of sp³-hybridized carbons (Fsp3) is 0.385. The first kappa shape index (κ1) is 15.6. The number of nitrogens with one attached hydrogen (secondary N) is 1. The summed E-state index contributed by atoms with van der Waals surface area (Å²) in [5, 5.41) is 11.5. The number of aromatic carboxylic acids is 1. The molecule has 0 unspecified atom stereocenters. The van der Waals surface area contributed by atoms with Crippen LogP contribution in [0.3, 0.4) is 0 Å². The number of nitrogens with zero attached hydrogens (tertiary/aromatic N) is 2. The Bertz CT molecular complexity index is 528. The van der Waals surface area contributed by atoms with Gasteiger partial charge in [0.05, 0.1) is 6.54 Å². The van der Waals surface area contributed by atoms with E-state index in [2.05, 4.69) is 10.3 Å². The first-order valence-corrected chi connectivity index (χ1v) is 6.06. The number of carbonyl (C=O) groups is 3. The van der Waals surface area contributed by atoms with Gasteiger partial charge >= 0.3 is 5.97 Å². The summed E-state index contributed by atoms with van der Waals surface area (Å²) < 4.78 is 0. The quantitative estimate of drug-likeness (QED) is 0.811. The molecule has 0 radical (unpaired) electrons. The van der Waals surface area contributed by atoms with Crippen molar-refractivity contribution >= 4 is 17.8 Å². The van der Waals surface area contributed by atoms with Crippen molar-refractivity contribution in [2.75, 3.05) is 13.6 Å². The maximum absolute atomic E-state index is 12.0. The minimum atomic E-state index is -1.21. The largest absolute Gasteiger partial charge is 0.477 e. The maximum atomic E-state index is 12.0. The van der Waals surface area contributed by atoms with Crippen LogP contribution in [0.15, 0.2) is 18.2 Å². The Kier molecular flexibility index (Phi) is 5.19. The van der Waals surface area contributed by atoms with E-state index in [1.54, 1.807) is 0 Å². The van der Waals surface area contributed by atoms with Crippen molar-refractivity contribution in [1.29, 1.82) is 0 Å². The number of rotatable bonds is 5. The molecule has 20 heavy (non-hydrogen) atoms. The van der Waals surface area contributed by atoms with Gasteiger partial charge in [-0.2, -0.15) is 0 Å². The average Bonchev–Trinajstić information content (AvgIpc) is 2.36. The first-order valence-electron chi connectivity index (χ1n) is 6.06. The van der Waals surface area contributed by atoms with E-state index < -0.39 is 11.9 Å². The molecular formula is C13H17N3O4. The Morgan fingerprint density at radius 1 is 1.30 bits per heavy atom. The second-order valence-corrected chi connectivity index (χ2v) is 4.60. The zero-order valence-corrected chi connectivity index (χ0v) is 11.6. The number of amides is 2. The van der Waals surface area contributed by atoms with Crippen LogP contribution in [0.5, 0.6) is 0 Å². The molecule has 0 aliphatic rings. The molecule has 0 aliphatic carbocycles. The van der Waals surface area contributed by atoms with E-state index in [-0.39, 0.29) is 29.9 Å².